The number of anilines is 2. The fourth-order valence-electron chi connectivity index (χ4n) is 2.75. The molecule has 2 heterocycles. The van der Waals surface area contributed by atoms with Gasteiger partial charge in [-0.3, -0.25) is 4.90 Å². The van der Waals surface area contributed by atoms with Gasteiger partial charge >= 0.3 is 6.18 Å². The minimum absolute atomic E-state index is 0.0155. The van der Waals surface area contributed by atoms with Gasteiger partial charge in [0.25, 0.3) is 0 Å². The minimum Gasteiger partial charge on any atom is -0.394 e. The van der Waals surface area contributed by atoms with E-state index in [0.29, 0.717) is 6.54 Å². The molecular formula is C17H29F3N6O. The van der Waals surface area contributed by atoms with E-state index in [1.165, 1.54) is 0 Å². The number of likely N-dealkylation sites (N-methyl/N-ethyl adjacent to an activating group) is 1. The molecule has 2 rings (SSSR count). The monoisotopic (exact) mass is 390 g/mol. The van der Waals surface area contributed by atoms with Gasteiger partial charge in [0.15, 0.2) is 5.69 Å². The van der Waals surface area contributed by atoms with Crippen molar-refractivity contribution in [2.75, 3.05) is 63.6 Å². The average molecular weight is 390 g/mol. The molecule has 0 aliphatic carbocycles. The molecule has 0 aromatic carbocycles. The van der Waals surface area contributed by atoms with Gasteiger partial charge in [0.2, 0.25) is 5.95 Å². The molecule has 10 heteroatoms. The molecule has 1 aliphatic heterocycles. The number of nitrogens with one attached hydrogen (secondary N) is 2. The van der Waals surface area contributed by atoms with Gasteiger partial charge in [-0.1, -0.05) is 13.8 Å². The third-order valence-electron chi connectivity index (χ3n) is 4.66. The van der Waals surface area contributed by atoms with E-state index in [9.17, 15) is 18.3 Å². The summed E-state index contributed by atoms with van der Waals surface area (Å²) in [5, 5.41) is 15.2. The SMILES string of the molecule is CC(C)[C@H](CO)Nc1nc(NCCN2CCN(C)CC2)cc(C(F)(F)F)n1. The molecule has 1 saturated heterocycles. The van der Waals surface area contributed by atoms with Crippen LogP contribution in [0.5, 0.6) is 0 Å². The van der Waals surface area contributed by atoms with E-state index < -0.39 is 17.9 Å². The van der Waals surface area contributed by atoms with Crippen molar-refractivity contribution >= 4 is 11.8 Å². The lowest BCUT2D eigenvalue weighted by molar-refractivity contribution is -0.141. The number of aliphatic hydroxyl groups excluding tert-OH is 1. The maximum Gasteiger partial charge on any atom is 0.433 e. The summed E-state index contributed by atoms with van der Waals surface area (Å²) < 4.78 is 39.5. The van der Waals surface area contributed by atoms with Crippen molar-refractivity contribution in [3.05, 3.63) is 11.8 Å². The smallest absolute Gasteiger partial charge is 0.394 e. The first-order valence-corrected chi connectivity index (χ1v) is 9.17. The summed E-state index contributed by atoms with van der Waals surface area (Å²) in [6, 6.07) is 0.491. The molecule has 0 unspecified atom stereocenters. The number of hydrogen-bond donors (Lipinski definition) is 3. The Hall–Kier alpha value is -1.65. The number of rotatable bonds is 8. The molecule has 0 saturated carbocycles. The van der Waals surface area contributed by atoms with Crippen molar-refractivity contribution in [3.8, 4) is 0 Å². The highest BCUT2D eigenvalue weighted by Gasteiger charge is 2.34. The summed E-state index contributed by atoms with van der Waals surface area (Å²) in [6.07, 6.45) is -4.57. The van der Waals surface area contributed by atoms with Crippen molar-refractivity contribution in [3.63, 3.8) is 0 Å². The quantitative estimate of drug-likeness (QED) is 0.622. The normalized spacial score (nSPS) is 17.9. The molecule has 1 aromatic rings. The Labute approximate surface area is 158 Å². The number of alkyl halides is 3. The van der Waals surface area contributed by atoms with Crippen LogP contribution < -0.4 is 10.6 Å². The van der Waals surface area contributed by atoms with E-state index in [1.807, 2.05) is 13.8 Å². The summed E-state index contributed by atoms with van der Waals surface area (Å²) in [4.78, 5) is 12.2. The molecular weight excluding hydrogens is 361 g/mol. The molecule has 27 heavy (non-hydrogen) atoms. The number of nitrogens with zero attached hydrogens (tertiary/aromatic N) is 4. The Morgan fingerprint density at radius 2 is 1.85 bits per heavy atom. The topological polar surface area (TPSA) is 76.6 Å². The largest absolute Gasteiger partial charge is 0.433 e. The lowest BCUT2D eigenvalue weighted by Gasteiger charge is -2.32. The van der Waals surface area contributed by atoms with E-state index in [2.05, 4.69) is 37.4 Å². The predicted molar refractivity (Wildman–Crippen MR) is 98.8 cm³/mol. The van der Waals surface area contributed by atoms with Crippen LogP contribution in [0.3, 0.4) is 0 Å². The number of piperazine rings is 1. The fraction of sp³-hybridized carbons (Fsp3) is 0.765. The molecule has 1 aromatic heterocycles. The highest BCUT2D eigenvalue weighted by Crippen LogP contribution is 2.29. The zero-order valence-corrected chi connectivity index (χ0v) is 16.1. The van der Waals surface area contributed by atoms with Crippen molar-refractivity contribution < 1.29 is 18.3 Å². The summed E-state index contributed by atoms with van der Waals surface area (Å²) in [5.41, 5.74) is -1.01. The van der Waals surface area contributed by atoms with Gasteiger partial charge in [-0.2, -0.15) is 18.2 Å². The van der Waals surface area contributed by atoms with E-state index in [-0.39, 0.29) is 24.3 Å². The van der Waals surface area contributed by atoms with Crippen molar-refractivity contribution in [1.82, 2.24) is 19.8 Å². The Morgan fingerprint density at radius 1 is 1.19 bits per heavy atom. The third-order valence-corrected chi connectivity index (χ3v) is 4.66. The lowest BCUT2D eigenvalue weighted by Crippen LogP contribution is -2.45. The fourth-order valence-corrected chi connectivity index (χ4v) is 2.75. The van der Waals surface area contributed by atoms with Crippen molar-refractivity contribution in [1.29, 1.82) is 0 Å². The van der Waals surface area contributed by atoms with Crippen molar-refractivity contribution in [2.24, 2.45) is 5.92 Å². The molecule has 1 atom stereocenters. The Kier molecular flexibility index (Phi) is 7.63. The number of aliphatic hydroxyl groups is 1. The van der Waals surface area contributed by atoms with Gasteiger partial charge in [-0.15, -0.1) is 0 Å². The number of hydrogen-bond acceptors (Lipinski definition) is 7. The third kappa shape index (κ3) is 6.78. The van der Waals surface area contributed by atoms with Crippen molar-refractivity contribution in [2.45, 2.75) is 26.1 Å². The summed E-state index contributed by atoms with van der Waals surface area (Å²) in [6.45, 7) is 8.56. The minimum atomic E-state index is -4.57. The number of halogens is 3. The Morgan fingerprint density at radius 3 is 2.41 bits per heavy atom. The second-order valence-electron chi connectivity index (χ2n) is 7.21. The van der Waals surface area contributed by atoms with Crippen LogP contribution in [-0.2, 0) is 6.18 Å². The highest BCUT2D eigenvalue weighted by molar-refractivity contribution is 5.43. The zero-order chi connectivity index (χ0) is 20.0. The van der Waals surface area contributed by atoms with Crippen LogP contribution in [0.25, 0.3) is 0 Å². The van der Waals surface area contributed by atoms with E-state index in [4.69, 9.17) is 0 Å². The van der Waals surface area contributed by atoms with E-state index >= 15 is 0 Å². The van der Waals surface area contributed by atoms with Gasteiger partial charge < -0.3 is 20.6 Å². The Balaban J connectivity index is 2.04. The first-order chi connectivity index (χ1) is 12.7. The van der Waals surface area contributed by atoms with Gasteiger partial charge in [-0.25, -0.2) is 4.98 Å². The standard InChI is InChI=1S/C17H29F3N6O/c1-12(2)13(11-27)22-16-23-14(17(18,19)20)10-15(24-16)21-4-5-26-8-6-25(3)7-9-26/h10,12-13,27H,4-9,11H2,1-3H3,(H2,21,22,23,24)/t13-/m0/s1. The maximum atomic E-state index is 13.2. The van der Waals surface area contributed by atoms with Crippen LogP contribution in [0.1, 0.15) is 19.5 Å². The van der Waals surface area contributed by atoms with Crippen LogP contribution in [0.15, 0.2) is 6.07 Å². The summed E-state index contributed by atoms with van der Waals surface area (Å²) in [5.74, 6) is -0.00384. The molecule has 0 bridgehead atoms. The average Bonchev–Trinajstić information content (AvgIpc) is 2.60. The van der Waals surface area contributed by atoms with Crippen LogP contribution in [0, 0.1) is 5.92 Å². The molecule has 0 radical (unpaired) electrons. The first kappa shape index (κ1) is 21.6. The van der Waals surface area contributed by atoms with E-state index in [1.54, 1.807) is 0 Å². The second-order valence-corrected chi connectivity index (χ2v) is 7.21. The molecule has 7 nitrogen and oxygen atoms in total. The van der Waals surface area contributed by atoms with Crippen LogP contribution in [0.2, 0.25) is 0 Å². The summed E-state index contributed by atoms with van der Waals surface area (Å²) in [7, 11) is 2.07. The predicted octanol–water partition coefficient (Wildman–Crippen LogP) is 1.58. The molecule has 1 aliphatic rings. The Bertz CT molecular complexity index is 591. The van der Waals surface area contributed by atoms with Crippen LogP contribution in [-0.4, -0.2) is 83.8 Å². The number of aromatic nitrogens is 2. The van der Waals surface area contributed by atoms with Crippen LogP contribution >= 0.6 is 0 Å². The molecule has 3 N–H and O–H groups in total. The molecule has 0 spiro atoms. The molecule has 154 valence electrons. The van der Waals surface area contributed by atoms with E-state index in [0.717, 1.165) is 38.8 Å². The molecule has 0 amide bonds. The van der Waals surface area contributed by atoms with Gasteiger partial charge in [0, 0.05) is 45.3 Å². The maximum absolute atomic E-state index is 13.2. The van der Waals surface area contributed by atoms with Crippen LogP contribution in [0.4, 0.5) is 24.9 Å². The lowest BCUT2D eigenvalue weighted by atomic mass is 10.1. The summed E-state index contributed by atoms with van der Waals surface area (Å²) >= 11 is 0. The van der Waals surface area contributed by atoms with Gasteiger partial charge in [0.1, 0.15) is 5.82 Å². The first-order valence-electron chi connectivity index (χ1n) is 9.17. The van der Waals surface area contributed by atoms with Gasteiger partial charge in [-0.05, 0) is 13.0 Å². The van der Waals surface area contributed by atoms with Gasteiger partial charge in [0.05, 0.1) is 12.6 Å². The highest BCUT2D eigenvalue weighted by atomic mass is 19.4. The zero-order valence-electron chi connectivity index (χ0n) is 16.1. The molecule has 1 fully saturated rings. The second kappa shape index (κ2) is 9.52.